The summed E-state index contributed by atoms with van der Waals surface area (Å²) in [5, 5.41) is 8.73. The van der Waals surface area contributed by atoms with E-state index in [1.807, 2.05) is 6.07 Å². The van der Waals surface area contributed by atoms with Crippen molar-refractivity contribution in [3.63, 3.8) is 0 Å². The largest absolute Gasteiger partial charge is 0.395 e. The van der Waals surface area contributed by atoms with E-state index >= 15 is 0 Å². The lowest BCUT2D eigenvalue weighted by Gasteiger charge is -2.31. The number of aliphatic hydroxyl groups excluding tert-OH is 1. The average Bonchev–Trinajstić information content (AvgIpc) is 2.48. The van der Waals surface area contributed by atoms with E-state index in [4.69, 9.17) is 5.11 Å². The van der Waals surface area contributed by atoms with Gasteiger partial charge >= 0.3 is 0 Å². The van der Waals surface area contributed by atoms with Crippen LogP contribution in [0.15, 0.2) is 18.2 Å². The molecule has 21 heavy (non-hydrogen) atoms. The summed E-state index contributed by atoms with van der Waals surface area (Å²) in [6, 6.07) is 5.01. The number of benzene rings is 1. The summed E-state index contributed by atoms with van der Waals surface area (Å²) in [5.74, 6) is 6.38. The molecule has 2 nitrogen and oxygen atoms in total. The van der Waals surface area contributed by atoms with Crippen LogP contribution in [0.5, 0.6) is 0 Å². The number of aliphatic hydroxyl groups is 1. The first-order valence-electron chi connectivity index (χ1n) is 7.82. The number of hydrogen-bond donors (Lipinski definition) is 1. The van der Waals surface area contributed by atoms with Crippen LogP contribution in [-0.4, -0.2) is 29.7 Å². The first kappa shape index (κ1) is 16.0. The molecule has 0 atom stereocenters. The number of piperidine rings is 1. The smallest absolute Gasteiger partial charge is 0.124 e. The van der Waals surface area contributed by atoms with Gasteiger partial charge < -0.3 is 5.11 Å². The highest BCUT2D eigenvalue weighted by molar-refractivity contribution is 5.37. The van der Waals surface area contributed by atoms with E-state index in [1.165, 1.54) is 25.3 Å². The molecule has 1 aromatic carbocycles. The molecule has 0 saturated carbocycles. The maximum atomic E-state index is 13.7. The fourth-order valence-corrected chi connectivity index (χ4v) is 2.85. The molecule has 0 bridgehead atoms. The molecule has 2 rings (SSSR count). The Labute approximate surface area is 127 Å². The Balaban J connectivity index is 1.99. The van der Waals surface area contributed by atoms with E-state index in [-0.39, 0.29) is 12.4 Å². The summed E-state index contributed by atoms with van der Waals surface area (Å²) in [6.45, 7) is 5.29. The highest BCUT2D eigenvalue weighted by atomic mass is 19.1. The molecular weight excluding hydrogens is 265 g/mol. The van der Waals surface area contributed by atoms with Crippen LogP contribution in [0.25, 0.3) is 0 Å². The van der Waals surface area contributed by atoms with Crippen LogP contribution >= 0.6 is 0 Å². The molecule has 0 unspecified atom stereocenters. The average molecular weight is 289 g/mol. The zero-order valence-electron chi connectivity index (χ0n) is 12.7. The lowest BCUT2D eigenvalue weighted by atomic mass is 9.94. The van der Waals surface area contributed by atoms with Crippen molar-refractivity contribution in [2.24, 2.45) is 5.92 Å². The Bertz CT molecular complexity index is 510. The van der Waals surface area contributed by atoms with Crippen LogP contribution in [0.3, 0.4) is 0 Å². The molecule has 1 fully saturated rings. The van der Waals surface area contributed by atoms with Gasteiger partial charge in [0.15, 0.2) is 0 Å². The minimum Gasteiger partial charge on any atom is -0.395 e. The molecule has 1 N–H and O–H groups in total. The minimum absolute atomic E-state index is 0.0432. The van der Waals surface area contributed by atoms with Crippen LogP contribution in [0.1, 0.15) is 43.7 Å². The molecular formula is C18H24FNO. The fourth-order valence-electron chi connectivity index (χ4n) is 2.85. The predicted molar refractivity (Wildman–Crippen MR) is 83.3 cm³/mol. The molecule has 3 heteroatoms. The van der Waals surface area contributed by atoms with Crippen LogP contribution in [-0.2, 0) is 6.54 Å². The van der Waals surface area contributed by atoms with Gasteiger partial charge in [0.05, 0.1) is 6.61 Å². The van der Waals surface area contributed by atoms with Crippen molar-refractivity contribution in [1.82, 2.24) is 4.90 Å². The van der Waals surface area contributed by atoms with Gasteiger partial charge in [0.25, 0.3) is 0 Å². The monoisotopic (exact) mass is 289 g/mol. The lowest BCUT2D eigenvalue weighted by Crippen LogP contribution is -2.33. The van der Waals surface area contributed by atoms with Crippen molar-refractivity contribution in [3.05, 3.63) is 35.1 Å². The Morgan fingerprint density at radius 3 is 2.71 bits per heavy atom. The number of hydrogen-bond acceptors (Lipinski definition) is 2. The Kier molecular flexibility index (Phi) is 6.22. The first-order valence-corrected chi connectivity index (χ1v) is 7.82. The van der Waals surface area contributed by atoms with Gasteiger partial charge in [-0.25, -0.2) is 4.39 Å². The summed E-state index contributed by atoms with van der Waals surface area (Å²) < 4.78 is 13.7. The fraction of sp³-hybridized carbons (Fsp3) is 0.556. The van der Waals surface area contributed by atoms with E-state index in [2.05, 4.69) is 23.7 Å². The number of likely N-dealkylation sites (tertiary alicyclic amines) is 1. The molecule has 0 aromatic heterocycles. The molecule has 0 aliphatic carbocycles. The van der Waals surface area contributed by atoms with Crippen molar-refractivity contribution in [2.45, 2.75) is 39.2 Å². The second kappa shape index (κ2) is 8.17. The summed E-state index contributed by atoms with van der Waals surface area (Å²) in [7, 11) is 0. The highest BCUT2D eigenvalue weighted by Gasteiger charge is 2.17. The third kappa shape index (κ3) is 5.15. The maximum absolute atomic E-state index is 13.7. The summed E-state index contributed by atoms with van der Waals surface area (Å²) in [4.78, 5) is 2.39. The second-order valence-electron chi connectivity index (χ2n) is 5.75. The first-order chi connectivity index (χ1) is 10.2. The zero-order chi connectivity index (χ0) is 15.1. The van der Waals surface area contributed by atoms with Gasteiger partial charge in [-0.05, 0) is 55.6 Å². The lowest BCUT2D eigenvalue weighted by molar-refractivity contribution is 0.175. The summed E-state index contributed by atoms with van der Waals surface area (Å²) in [6.07, 6.45) is 4.18. The van der Waals surface area contributed by atoms with Crippen molar-refractivity contribution in [1.29, 1.82) is 0 Å². The number of rotatable bonds is 4. The van der Waals surface area contributed by atoms with Crippen LogP contribution in [0.2, 0.25) is 0 Å². The number of halogens is 1. The van der Waals surface area contributed by atoms with Gasteiger partial charge in [-0.3, -0.25) is 4.90 Å². The molecule has 0 spiro atoms. The highest BCUT2D eigenvalue weighted by Crippen LogP contribution is 2.21. The molecule has 1 saturated heterocycles. The van der Waals surface area contributed by atoms with Gasteiger partial charge in [-0.1, -0.05) is 25.2 Å². The van der Waals surface area contributed by atoms with Gasteiger partial charge in [-0.2, -0.15) is 0 Å². The van der Waals surface area contributed by atoms with Crippen LogP contribution < -0.4 is 0 Å². The van der Waals surface area contributed by atoms with Crippen LogP contribution in [0.4, 0.5) is 4.39 Å². The summed E-state index contributed by atoms with van der Waals surface area (Å²) in [5.41, 5.74) is 1.68. The molecule has 1 aliphatic rings. The van der Waals surface area contributed by atoms with Gasteiger partial charge in [0, 0.05) is 18.5 Å². The second-order valence-corrected chi connectivity index (χ2v) is 5.75. The third-order valence-electron chi connectivity index (χ3n) is 4.12. The minimum atomic E-state index is -0.232. The van der Waals surface area contributed by atoms with E-state index in [0.717, 1.165) is 31.1 Å². The third-order valence-corrected chi connectivity index (χ3v) is 4.12. The Morgan fingerprint density at radius 1 is 1.29 bits per heavy atom. The molecule has 1 aliphatic heterocycles. The number of nitrogens with zero attached hydrogens (tertiary/aromatic N) is 1. The van der Waals surface area contributed by atoms with Gasteiger partial charge in [0.1, 0.15) is 5.82 Å². The van der Waals surface area contributed by atoms with Gasteiger partial charge in [0.2, 0.25) is 0 Å². The van der Waals surface area contributed by atoms with E-state index in [1.54, 1.807) is 6.07 Å². The SMILES string of the molecule is CCC1CCN(Cc2cc(F)cc(C#CCCO)c2)CC1. The summed E-state index contributed by atoms with van der Waals surface area (Å²) >= 11 is 0. The Hall–Kier alpha value is -1.37. The van der Waals surface area contributed by atoms with Crippen LogP contribution in [0, 0.1) is 23.6 Å². The van der Waals surface area contributed by atoms with Gasteiger partial charge in [-0.15, -0.1) is 0 Å². The molecule has 0 radical (unpaired) electrons. The van der Waals surface area contributed by atoms with E-state index in [0.29, 0.717) is 12.0 Å². The Morgan fingerprint density at radius 2 is 2.05 bits per heavy atom. The molecule has 1 heterocycles. The van der Waals surface area contributed by atoms with Crippen molar-refractivity contribution in [3.8, 4) is 11.8 Å². The van der Waals surface area contributed by atoms with Crippen molar-refractivity contribution >= 4 is 0 Å². The standard InChI is InChI=1S/C18H24FNO/c1-2-15-6-8-20(9-7-15)14-17-11-16(5-3-4-10-21)12-18(19)13-17/h11-13,15,21H,2,4,6-10,14H2,1H3. The quantitative estimate of drug-likeness (QED) is 0.861. The zero-order valence-corrected chi connectivity index (χ0v) is 12.7. The normalized spacial score (nSPS) is 16.5. The van der Waals surface area contributed by atoms with Crippen molar-refractivity contribution < 1.29 is 9.50 Å². The molecule has 114 valence electrons. The topological polar surface area (TPSA) is 23.5 Å². The molecule has 0 amide bonds. The van der Waals surface area contributed by atoms with Crippen molar-refractivity contribution in [2.75, 3.05) is 19.7 Å². The predicted octanol–water partition coefficient (Wildman–Crippen LogP) is 3.18. The maximum Gasteiger partial charge on any atom is 0.124 e. The molecule has 1 aromatic rings. The van der Waals surface area contributed by atoms with E-state index in [9.17, 15) is 4.39 Å². The van der Waals surface area contributed by atoms with E-state index < -0.39 is 0 Å².